The number of anilines is 1. The largest absolute Gasteiger partial charge is 0.508 e. The number of nitriles is 1. The number of benzene rings is 3. The molecule has 158 valence electrons. The topological polar surface area (TPSA) is 50.5 Å². The second-order valence-corrected chi connectivity index (χ2v) is 8.83. The summed E-state index contributed by atoms with van der Waals surface area (Å²) in [5.74, 6) is 0.144. The van der Waals surface area contributed by atoms with Crippen molar-refractivity contribution in [1.82, 2.24) is 4.90 Å². The maximum Gasteiger partial charge on any atom is 0.121 e. The Morgan fingerprint density at radius 2 is 1.68 bits per heavy atom. The van der Waals surface area contributed by atoms with Crippen LogP contribution >= 0.6 is 34.8 Å². The molecule has 0 aromatic heterocycles. The Morgan fingerprint density at radius 1 is 0.935 bits per heavy atom. The molecule has 31 heavy (non-hydrogen) atoms. The number of hydrogen-bond acceptors (Lipinski definition) is 4. The van der Waals surface area contributed by atoms with E-state index in [1.54, 1.807) is 12.1 Å². The van der Waals surface area contributed by atoms with Gasteiger partial charge in [-0.05, 0) is 48.0 Å². The van der Waals surface area contributed by atoms with Gasteiger partial charge in [0.15, 0.2) is 0 Å². The van der Waals surface area contributed by atoms with Crippen LogP contribution in [0.25, 0.3) is 0 Å². The Hall–Kier alpha value is -2.42. The van der Waals surface area contributed by atoms with Gasteiger partial charge in [-0.1, -0.05) is 53.0 Å². The lowest BCUT2D eigenvalue weighted by molar-refractivity contribution is 0.213. The van der Waals surface area contributed by atoms with Crippen molar-refractivity contribution in [3.63, 3.8) is 0 Å². The Morgan fingerprint density at radius 3 is 2.35 bits per heavy atom. The summed E-state index contributed by atoms with van der Waals surface area (Å²) in [5, 5.41) is 21.3. The number of nitrogens with zero attached hydrogens (tertiary/aromatic N) is 3. The maximum atomic E-state index is 10.3. The molecule has 1 aliphatic rings. The Kier molecular flexibility index (Phi) is 6.60. The van der Waals surface area contributed by atoms with E-state index in [0.717, 1.165) is 36.4 Å². The predicted molar refractivity (Wildman–Crippen MR) is 126 cm³/mol. The zero-order valence-electron chi connectivity index (χ0n) is 16.6. The minimum Gasteiger partial charge on any atom is -0.508 e. The molecule has 0 amide bonds. The van der Waals surface area contributed by atoms with Crippen LogP contribution in [0, 0.1) is 11.3 Å². The van der Waals surface area contributed by atoms with Crippen molar-refractivity contribution < 1.29 is 5.11 Å². The average Bonchev–Trinajstić information content (AvgIpc) is 2.76. The van der Waals surface area contributed by atoms with Crippen LogP contribution in [0.5, 0.6) is 5.75 Å². The van der Waals surface area contributed by atoms with Gasteiger partial charge in [0.05, 0.1) is 28.4 Å². The number of aromatic hydroxyl groups is 1. The molecule has 1 heterocycles. The molecule has 0 spiro atoms. The second-order valence-electron chi connectivity index (χ2n) is 7.55. The Labute approximate surface area is 196 Å². The zero-order valence-corrected chi connectivity index (χ0v) is 18.9. The molecule has 0 unspecified atom stereocenters. The van der Waals surface area contributed by atoms with Crippen molar-refractivity contribution in [3.05, 3.63) is 92.4 Å². The van der Waals surface area contributed by atoms with Crippen LogP contribution in [0.15, 0.2) is 60.7 Å². The van der Waals surface area contributed by atoms with Crippen LogP contribution in [0.2, 0.25) is 15.1 Å². The summed E-state index contributed by atoms with van der Waals surface area (Å²) in [6.07, 6.45) is 0. The molecule has 4 nitrogen and oxygen atoms in total. The molecule has 0 bridgehead atoms. The lowest BCUT2D eigenvalue weighted by Gasteiger charge is -2.43. The summed E-state index contributed by atoms with van der Waals surface area (Å²) in [5.41, 5.74) is 3.31. The number of phenols is 1. The number of piperazine rings is 1. The fraction of sp³-hybridized carbons (Fsp3) is 0.208. The van der Waals surface area contributed by atoms with Crippen molar-refractivity contribution in [2.45, 2.75) is 12.6 Å². The molecule has 0 saturated carbocycles. The summed E-state index contributed by atoms with van der Waals surface area (Å²) in [4.78, 5) is 4.58. The second kappa shape index (κ2) is 9.38. The number of rotatable bonds is 4. The molecule has 7 heteroatoms. The molecule has 1 saturated heterocycles. The molecule has 1 fully saturated rings. The minimum atomic E-state index is 0.0465. The van der Waals surface area contributed by atoms with Crippen molar-refractivity contribution in [2.75, 3.05) is 24.5 Å². The zero-order chi connectivity index (χ0) is 22.0. The minimum absolute atomic E-state index is 0.0465. The maximum absolute atomic E-state index is 10.3. The molecule has 0 aliphatic carbocycles. The molecular formula is C24H20Cl3N3O. The summed E-state index contributed by atoms with van der Waals surface area (Å²) in [7, 11) is 0. The van der Waals surface area contributed by atoms with E-state index in [2.05, 4.69) is 15.9 Å². The molecule has 3 aromatic rings. The van der Waals surface area contributed by atoms with Crippen LogP contribution in [0.3, 0.4) is 0 Å². The summed E-state index contributed by atoms with van der Waals surface area (Å²) < 4.78 is 0. The fourth-order valence-corrected chi connectivity index (χ4v) is 4.61. The van der Waals surface area contributed by atoms with Crippen molar-refractivity contribution in [2.24, 2.45) is 0 Å². The van der Waals surface area contributed by atoms with Crippen LogP contribution in [0.4, 0.5) is 5.69 Å². The van der Waals surface area contributed by atoms with E-state index in [4.69, 9.17) is 40.1 Å². The molecule has 1 atom stereocenters. The van der Waals surface area contributed by atoms with Gasteiger partial charge in [0, 0.05) is 41.8 Å². The Bertz CT molecular complexity index is 1130. The van der Waals surface area contributed by atoms with Gasteiger partial charge in [-0.25, -0.2) is 0 Å². The van der Waals surface area contributed by atoms with Gasteiger partial charge in [0.2, 0.25) is 0 Å². The van der Waals surface area contributed by atoms with Gasteiger partial charge in [-0.3, -0.25) is 4.90 Å². The number of phenolic OH excluding ortho intramolecular Hbond substituents is 1. The van der Waals surface area contributed by atoms with Crippen molar-refractivity contribution in [1.29, 1.82) is 5.26 Å². The van der Waals surface area contributed by atoms with Gasteiger partial charge in [-0.2, -0.15) is 5.26 Å². The van der Waals surface area contributed by atoms with Crippen LogP contribution in [-0.4, -0.2) is 29.6 Å². The lowest BCUT2D eigenvalue weighted by Crippen LogP contribution is -2.48. The van der Waals surface area contributed by atoms with Gasteiger partial charge in [0.1, 0.15) is 5.75 Å². The third kappa shape index (κ3) is 4.92. The summed E-state index contributed by atoms with van der Waals surface area (Å²) in [6, 6.07) is 20.6. The lowest BCUT2D eigenvalue weighted by atomic mass is 10.0. The molecule has 1 N–H and O–H groups in total. The molecule has 3 aromatic carbocycles. The monoisotopic (exact) mass is 471 g/mol. The van der Waals surface area contributed by atoms with E-state index >= 15 is 0 Å². The van der Waals surface area contributed by atoms with E-state index in [-0.39, 0.29) is 11.8 Å². The highest BCUT2D eigenvalue weighted by Crippen LogP contribution is 2.37. The third-order valence-electron chi connectivity index (χ3n) is 5.55. The number of halogens is 3. The van der Waals surface area contributed by atoms with Gasteiger partial charge in [0.25, 0.3) is 0 Å². The fourth-order valence-electron chi connectivity index (χ4n) is 3.96. The summed E-state index contributed by atoms with van der Waals surface area (Å²) >= 11 is 18.8. The predicted octanol–water partition coefficient (Wildman–Crippen LogP) is 6.29. The first-order chi connectivity index (χ1) is 14.9. The normalized spacial score (nSPS) is 16.8. The standard InChI is InChI=1S/C24H20Cl3N3O/c25-19-5-3-17(4-6-19)23-15-29(14-18-2-1-16(13-28)11-24(18)31)9-10-30(23)22-8-7-20(26)12-21(22)27/h1-8,11-12,23,31H,9-10,14-15H2/t23-/m0/s1. The summed E-state index contributed by atoms with van der Waals surface area (Å²) in [6.45, 7) is 2.87. The van der Waals surface area contributed by atoms with Crippen LogP contribution in [0.1, 0.15) is 22.7 Å². The Balaban J connectivity index is 1.62. The molecule has 1 aliphatic heterocycles. The highest BCUT2D eigenvalue weighted by molar-refractivity contribution is 6.36. The highest BCUT2D eigenvalue weighted by Gasteiger charge is 2.30. The van der Waals surface area contributed by atoms with Crippen molar-refractivity contribution in [3.8, 4) is 11.8 Å². The average molecular weight is 473 g/mol. The number of hydrogen-bond donors (Lipinski definition) is 1. The van der Waals surface area contributed by atoms with E-state index in [1.165, 1.54) is 6.07 Å². The quantitative estimate of drug-likeness (QED) is 0.485. The van der Waals surface area contributed by atoms with Gasteiger partial charge in [-0.15, -0.1) is 0 Å². The smallest absolute Gasteiger partial charge is 0.121 e. The molecule has 4 rings (SSSR count). The van der Waals surface area contributed by atoms with Gasteiger partial charge >= 0.3 is 0 Å². The first kappa shape index (κ1) is 21.8. The van der Waals surface area contributed by atoms with E-state index in [1.807, 2.05) is 42.5 Å². The van der Waals surface area contributed by atoms with Crippen LogP contribution in [-0.2, 0) is 6.54 Å². The van der Waals surface area contributed by atoms with E-state index < -0.39 is 0 Å². The SMILES string of the molecule is N#Cc1ccc(CN2CCN(c3ccc(Cl)cc3Cl)[C@H](c3ccc(Cl)cc3)C2)c(O)c1. The van der Waals surface area contributed by atoms with E-state index in [0.29, 0.717) is 27.2 Å². The van der Waals surface area contributed by atoms with Crippen molar-refractivity contribution >= 4 is 40.5 Å². The molecular weight excluding hydrogens is 453 g/mol. The molecule has 0 radical (unpaired) electrons. The van der Waals surface area contributed by atoms with Gasteiger partial charge < -0.3 is 10.0 Å². The van der Waals surface area contributed by atoms with E-state index in [9.17, 15) is 5.11 Å². The first-order valence-electron chi connectivity index (χ1n) is 9.86. The first-order valence-corrected chi connectivity index (χ1v) is 11.0. The highest BCUT2D eigenvalue weighted by atomic mass is 35.5. The third-order valence-corrected chi connectivity index (χ3v) is 6.34. The van der Waals surface area contributed by atoms with Crippen LogP contribution < -0.4 is 4.90 Å².